The van der Waals surface area contributed by atoms with Crippen LogP contribution in [0.4, 0.5) is 11.4 Å². The van der Waals surface area contributed by atoms with Crippen LogP contribution in [-0.2, 0) is 0 Å². The normalized spacial score (nSPS) is 17.6. The molecule has 1 aliphatic carbocycles. The Morgan fingerprint density at radius 1 is 1.41 bits per heavy atom. The molecule has 3 N–H and O–H groups in total. The molecule has 1 aromatic rings. The van der Waals surface area contributed by atoms with Crippen molar-refractivity contribution in [2.75, 3.05) is 11.1 Å². The molecule has 0 spiro atoms. The third-order valence-electron chi connectivity index (χ3n) is 3.65. The number of hydrogen-bond acceptors (Lipinski definition) is 3. The highest BCUT2D eigenvalue weighted by atomic mass is 14.9. The Morgan fingerprint density at radius 3 is 2.76 bits per heavy atom. The summed E-state index contributed by atoms with van der Waals surface area (Å²) in [5.74, 6) is 0.735. The molecule has 1 aliphatic rings. The lowest BCUT2D eigenvalue weighted by Gasteiger charge is -2.22. The third-order valence-corrected chi connectivity index (χ3v) is 3.65. The van der Waals surface area contributed by atoms with Crippen molar-refractivity contribution >= 4 is 11.4 Å². The lowest BCUT2D eigenvalue weighted by molar-refractivity contribution is 0.482. The number of nitrogens with zero attached hydrogens (tertiary/aromatic N) is 1. The van der Waals surface area contributed by atoms with Crippen LogP contribution in [-0.4, -0.2) is 6.04 Å². The highest BCUT2D eigenvalue weighted by molar-refractivity contribution is 5.63. The number of nitriles is 1. The minimum absolute atomic E-state index is 0.424. The monoisotopic (exact) mass is 229 g/mol. The second-order valence-corrected chi connectivity index (χ2v) is 4.89. The Labute approximate surface area is 103 Å². The van der Waals surface area contributed by atoms with E-state index in [-0.39, 0.29) is 0 Å². The van der Waals surface area contributed by atoms with Crippen LogP contribution in [0.15, 0.2) is 18.2 Å². The summed E-state index contributed by atoms with van der Waals surface area (Å²) in [6, 6.07) is 8.08. The van der Waals surface area contributed by atoms with Crippen LogP contribution in [0.25, 0.3) is 0 Å². The molecule has 0 saturated heterocycles. The molecule has 0 bridgehead atoms. The largest absolute Gasteiger partial charge is 0.399 e. The van der Waals surface area contributed by atoms with E-state index in [0.717, 1.165) is 11.6 Å². The van der Waals surface area contributed by atoms with E-state index < -0.39 is 0 Å². The minimum Gasteiger partial charge on any atom is -0.399 e. The van der Waals surface area contributed by atoms with Crippen molar-refractivity contribution in [3.05, 3.63) is 23.8 Å². The molecule has 0 amide bonds. The van der Waals surface area contributed by atoms with E-state index in [0.29, 0.717) is 17.3 Å². The van der Waals surface area contributed by atoms with Crippen LogP contribution in [0.1, 0.15) is 38.2 Å². The van der Waals surface area contributed by atoms with Crippen LogP contribution < -0.4 is 11.1 Å². The standard InChI is InChI=1S/C14H19N3/c1-10(11-4-2-3-5-11)17-14-7-6-13(16)8-12(14)9-15/h6-8,10-11,17H,2-5,16H2,1H3. The number of anilines is 2. The molecule has 1 fully saturated rings. The van der Waals surface area contributed by atoms with E-state index in [9.17, 15) is 0 Å². The van der Waals surface area contributed by atoms with Gasteiger partial charge in [-0.15, -0.1) is 0 Å². The van der Waals surface area contributed by atoms with Gasteiger partial charge in [0.1, 0.15) is 6.07 Å². The molecular weight excluding hydrogens is 210 g/mol. The quantitative estimate of drug-likeness (QED) is 0.783. The molecule has 1 aromatic carbocycles. The smallest absolute Gasteiger partial charge is 0.101 e. The van der Waals surface area contributed by atoms with Crippen LogP contribution in [0.5, 0.6) is 0 Å². The summed E-state index contributed by atoms with van der Waals surface area (Å²) in [4.78, 5) is 0. The van der Waals surface area contributed by atoms with Gasteiger partial charge in [0, 0.05) is 11.7 Å². The first-order valence-corrected chi connectivity index (χ1v) is 6.27. The second kappa shape index (κ2) is 5.09. The van der Waals surface area contributed by atoms with Crippen molar-refractivity contribution in [2.24, 2.45) is 5.92 Å². The van der Waals surface area contributed by atoms with Gasteiger partial charge in [-0.2, -0.15) is 5.26 Å². The molecule has 0 aliphatic heterocycles. The van der Waals surface area contributed by atoms with Crippen LogP contribution in [0.3, 0.4) is 0 Å². The first kappa shape index (κ1) is 11.8. The number of benzene rings is 1. The lowest BCUT2D eigenvalue weighted by Crippen LogP contribution is -2.24. The second-order valence-electron chi connectivity index (χ2n) is 4.89. The number of hydrogen-bond donors (Lipinski definition) is 2. The van der Waals surface area contributed by atoms with Gasteiger partial charge in [0.2, 0.25) is 0 Å². The van der Waals surface area contributed by atoms with E-state index in [1.807, 2.05) is 12.1 Å². The predicted octanol–water partition coefficient (Wildman–Crippen LogP) is 3.13. The molecule has 0 radical (unpaired) electrons. The molecule has 0 heterocycles. The minimum atomic E-state index is 0.424. The summed E-state index contributed by atoms with van der Waals surface area (Å²) >= 11 is 0. The summed E-state index contributed by atoms with van der Waals surface area (Å²) in [6.45, 7) is 2.20. The average Bonchev–Trinajstić information content (AvgIpc) is 2.85. The first-order valence-electron chi connectivity index (χ1n) is 6.27. The number of nitrogens with two attached hydrogens (primary N) is 1. The highest BCUT2D eigenvalue weighted by Gasteiger charge is 2.21. The van der Waals surface area contributed by atoms with Gasteiger partial charge in [-0.3, -0.25) is 0 Å². The van der Waals surface area contributed by atoms with Crippen LogP contribution in [0.2, 0.25) is 0 Å². The van der Waals surface area contributed by atoms with Crippen LogP contribution >= 0.6 is 0 Å². The van der Waals surface area contributed by atoms with Gasteiger partial charge in [0.15, 0.2) is 0 Å². The summed E-state index contributed by atoms with van der Waals surface area (Å²) in [7, 11) is 0. The Morgan fingerprint density at radius 2 is 2.12 bits per heavy atom. The highest BCUT2D eigenvalue weighted by Crippen LogP contribution is 2.30. The maximum Gasteiger partial charge on any atom is 0.101 e. The van der Waals surface area contributed by atoms with Gasteiger partial charge < -0.3 is 11.1 Å². The van der Waals surface area contributed by atoms with Crippen molar-refractivity contribution in [2.45, 2.75) is 38.6 Å². The number of nitrogens with one attached hydrogen (secondary N) is 1. The fourth-order valence-electron chi connectivity index (χ4n) is 2.60. The van der Waals surface area contributed by atoms with E-state index in [1.165, 1.54) is 25.7 Å². The molecule has 2 rings (SSSR count). The Bertz CT molecular complexity index is 428. The molecular formula is C14H19N3. The molecule has 3 nitrogen and oxygen atoms in total. The van der Waals surface area contributed by atoms with E-state index in [1.54, 1.807) is 6.07 Å². The molecule has 90 valence electrons. The lowest BCUT2D eigenvalue weighted by atomic mass is 9.99. The number of nitrogen functional groups attached to an aromatic ring is 1. The summed E-state index contributed by atoms with van der Waals surface area (Å²) < 4.78 is 0. The molecule has 0 aromatic heterocycles. The summed E-state index contributed by atoms with van der Waals surface area (Å²) in [5, 5.41) is 12.5. The summed E-state index contributed by atoms with van der Waals surface area (Å²) in [5.41, 5.74) is 7.85. The van der Waals surface area contributed by atoms with E-state index >= 15 is 0 Å². The zero-order valence-corrected chi connectivity index (χ0v) is 10.2. The van der Waals surface area contributed by atoms with Crippen LogP contribution in [0, 0.1) is 17.2 Å². The van der Waals surface area contributed by atoms with Gasteiger partial charge >= 0.3 is 0 Å². The molecule has 1 saturated carbocycles. The maximum atomic E-state index is 9.08. The topological polar surface area (TPSA) is 61.8 Å². The Hall–Kier alpha value is -1.69. The Balaban J connectivity index is 2.10. The fraction of sp³-hybridized carbons (Fsp3) is 0.500. The molecule has 17 heavy (non-hydrogen) atoms. The zero-order valence-electron chi connectivity index (χ0n) is 10.2. The van der Waals surface area contributed by atoms with Gasteiger partial charge in [-0.1, -0.05) is 12.8 Å². The fourth-order valence-corrected chi connectivity index (χ4v) is 2.60. The van der Waals surface area contributed by atoms with Gasteiger partial charge in [0.05, 0.1) is 11.3 Å². The molecule has 3 heteroatoms. The summed E-state index contributed by atoms with van der Waals surface area (Å²) in [6.07, 6.45) is 5.27. The van der Waals surface area contributed by atoms with Crippen molar-refractivity contribution in [3.63, 3.8) is 0 Å². The van der Waals surface area contributed by atoms with Crippen molar-refractivity contribution in [3.8, 4) is 6.07 Å². The van der Waals surface area contributed by atoms with Crippen molar-refractivity contribution in [1.82, 2.24) is 0 Å². The van der Waals surface area contributed by atoms with E-state index in [4.69, 9.17) is 11.0 Å². The first-order chi connectivity index (χ1) is 8.20. The maximum absolute atomic E-state index is 9.08. The van der Waals surface area contributed by atoms with Gasteiger partial charge in [-0.05, 0) is 43.9 Å². The predicted molar refractivity (Wildman–Crippen MR) is 70.6 cm³/mol. The SMILES string of the molecule is CC(Nc1ccc(N)cc1C#N)C1CCCC1. The van der Waals surface area contributed by atoms with Gasteiger partial charge in [-0.25, -0.2) is 0 Å². The number of rotatable bonds is 3. The zero-order chi connectivity index (χ0) is 12.3. The van der Waals surface area contributed by atoms with Gasteiger partial charge in [0.25, 0.3) is 0 Å². The third kappa shape index (κ3) is 2.71. The van der Waals surface area contributed by atoms with Crippen molar-refractivity contribution in [1.29, 1.82) is 5.26 Å². The van der Waals surface area contributed by atoms with Crippen molar-refractivity contribution < 1.29 is 0 Å². The molecule has 1 atom stereocenters. The van der Waals surface area contributed by atoms with E-state index in [2.05, 4.69) is 18.3 Å². The molecule has 1 unspecified atom stereocenters. The average molecular weight is 229 g/mol. The Kier molecular flexibility index (Phi) is 3.53.